The Hall–Kier alpha value is -3.57. The van der Waals surface area contributed by atoms with E-state index in [2.05, 4.69) is 32.8 Å². The molecule has 4 aromatic rings. The van der Waals surface area contributed by atoms with Crippen LogP contribution in [0.3, 0.4) is 0 Å². The maximum absolute atomic E-state index is 12.3. The molecule has 0 unspecified atom stereocenters. The van der Waals surface area contributed by atoms with Gasteiger partial charge in [-0.1, -0.05) is 55.5 Å². The number of fused-ring (bicyclic) bond motifs is 1. The molecule has 0 aliphatic carbocycles. The quantitative estimate of drug-likeness (QED) is 0.227. The molecule has 0 fully saturated rings. The molecule has 6 nitrogen and oxygen atoms in total. The number of nitrogens with zero attached hydrogens (tertiary/aromatic N) is 1. The Balaban J connectivity index is 1.57. The summed E-state index contributed by atoms with van der Waals surface area (Å²) < 4.78 is 0.984. The second-order valence-corrected chi connectivity index (χ2v) is 9.51. The number of carbonyl (C=O) groups excluding carboxylic acids is 1. The van der Waals surface area contributed by atoms with Crippen molar-refractivity contribution < 1.29 is 4.79 Å². The predicted octanol–water partition coefficient (Wildman–Crippen LogP) is 6.71. The molecule has 0 saturated heterocycles. The predicted molar refractivity (Wildman–Crippen MR) is 148 cm³/mol. The largest absolute Gasteiger partial charge is 0.383 e. The van der Waals surface area contributed by atoms with Gasteiger partial charge >= 0.3 is 6.03 Å². The van der Waals surface area contributed by atoms with Gasteiger partial charge in [-0.2, -0.15) is 0 Å². The van der Waals surface area contributed by atoms with Crippen LogP contribution in [0.15, 0.2) is 60.1 Å². The van der Waals surface area contributed by atoms with Crippen LogP contribution in [0.2, 0.25) is 5.02 Å². The minimum atomic E-state index is -0.518. The standard InChI is InChI=1S/C27H26ClN5OS/c1-3-27(30,4-2)13-12-18-15-31-25(29)23-22(16-35-24(18)23)17-8-10-20(11-9-17)32-26(34)33-21-7-5-6-19(28)14-21/h5-11,14-16H,3-4,30H2,1-2H3,(H2,29,31)(H2,32,33,34). The van der Waals surface area contributed by atoms with Gasteiger partial charge in [-0.25, -0.2) is 9.78 Å². The molecule has 0 atom stereocenters. The molecule has 2 aromatic heterocycles. The van der Waals surface area contributed by atoms with Crippen LogP contribution in [0.5, 0.6) is 0 Å². The Labute approximate surface area is 213 Å². The summed E-state index contributed by atoms with van der Waals surface area (Å²) in [6, 6.07) is 14.2. The van der Waals surface area contributed by atoms with Crippen LogP contribution in [0.4, 0.5) is 22.0 Å². The number of carbonyl (C=O) groups is 1. The van der Waals surface area contributed by atoms with Crippen LogP contribution >= 0.6 is 22.9 Å². The van der Waals surface area contributed by atoms with Crippen molar-refractivity contribution in [2.45, 2.75) is 32.2 Å². The summed E-state index contributed by atoms with van der Waals surface area (Å²) in [7, 11) is 0. The Morgan fingerprint density at radius 3 is 2.51 bits per heavy atom. The van der Waals surface area contributed by atoms with Gasteiger partial charge < -0.3 is 22.1 Å². The molecule has 0 spiro atoms. The van der Waals surface area contributed by atoms with Crippen molar-refractivity contribution in [3.63, 3.8) is 0 Å². The van der Waals surface area contributed by atoms with Crippen molar-refractivity contribution in [1.29, 1.82) is 0 Å². The zero-order valence-corrected chi connectivity index (χ0v) is 21.1. The van der Waals surface area contributed by atoms with Gasteiger partial charge in [-0.05, 0) is 54.1 Å². The number of rotatable bonds is 5. The number of halogens is 1. The first kappa shape index (κ1) is 24.6. The number of pyridine rings is 1. The number of nitrogens with one attached hydrogen (secondary N) is 2. The number of thiophene rings is 1. The lowest BCUT2D eigenvalue weighted by molar-refractivity contribution is 0.262. The van der Waals surface area contributed by atoms with Crippen LogP contribution in [0, 0.1) is 11.8 Å². The number of nitrogens with two attached hydrogens (primary N) is 2. The first-order chi connectivity index (χ1) is 16.8. The summed E-state index contributed by atoms with van der Waals surface area (Å²) in [5.41, 5.74) is 16.1. The Kier molecular flexibility index (Phi) is 7.27. The minimum absolute atomic E-state index is 0.354. The van der Waals surface area contributed by atoms with Crippen LogP contribution in [0.1, 0.15) is 32.3 Å². The average Bonchev–Trinajstić information content (AvgIpc) is 3.30. The van der Waals surface area contributed by atoms with Crippen LogP contribution < -0.4 is 22.1 Å². The third kappa shape index (κ3) is 5.57. The zero-order chi connectivity index (χ0) is 25.0. The highest BCUT2D eigenvalue weighted by molar-refractivity contribution is 7.18. The fourth-order valence-electron chi connectivity index (χ4n) is 3.58. The van der Waals surface area contributed by atoms with Crippen molar-refractivity contribution in [2.24, 2.45) is 5.73 Å². The van der Waals surface area contributed by atoms with Gasteiger partial charge in [0, 0.05) is 33.5 Å². The maximum Gasteiger partial charge on any atom is 0.323 e. The molecule has 4 rings (SSSR count). The molecule has 2 amide bonds. The van der Waals surface area contributed by atoms with Gasteiger partial charge in [0.15, 0.2) is 0 Å². The van der Waals surface area contributed by atoms with Gasteiger partial charge in [0.05, 0.1) is 15.8 Å². The first-order valence-corrected chi connectivity index (χ1v) is 12.5. The topological polar surface area (TPSA) is 106 Å². The van der Waals surface area contributed by atoms with Gasteiger partial charge in [0.2, 0.25) is 0 Å². The molecule has 35 heavy (non-hydrogen) atoms. The smallest absolute Gasteiger partial charge is 0.323 e. The van der Waals surface area contributed by atoms with Crippen molar-refractivity contribution in [3.05, 3.63) is 70.7 Å². The third-order valence-electron chi connectivity index (χ3n) is 5.87. The van der Waals surface area contributed by atoms with Gasteiger partial charge in [0.25, 0.3) is 0 Å². The van der Waals surface area contributed by atoms with E-state index in [0.29, 0.717) is 22.2 Å². The Bertz CT molecular complexity index is 1430. The highest BCUT2D eigenvalue weighted by Gasteiger charge is 2.17. The molecule has 8 heteroatoms. The second-order valence-electron chi connectivity index (χ2n) is 8.19. The van der Waals surface area contributed by atoms with Crippen LogP contribution in [0.25, 0.3) is 21.2 Å². The fourth-order valence-corrected chi connectivity index (χ4v) is 4.82. The SMILES string of the molecule is CCC(N)(C#Cc1cnc(N)c2c(-c3ccc(NC(=O)Nc4cccc(Cl)c4)cc3)csc12)CC. The number of hydrogen-bond acceptors (Lipinski definition) is 5. The summed E-state index contributed by atoms with van der Waals surface area (Å²) in [5.74, 6) is 6.90. The van der Waals surface area contributed by atoms with E-state index in [0.717, 1.165) is 39.6 Å². The number of benzene rings is 2. The van der Waals surface area contributed by atoms with E-state index < -0.39 is 5.54 Å². The molecule has 0 aliphatic heterocycles. The summed E-state index contributed by atoms with van der Waals surface area (Å²) in [6.07, 6.45) is 3.26. The molecule has 6 N–H and O–H groups in total. The van der Waals surface area contributed by atoms with Crippen molar-refractivity contribution in [2.75, 3.05) is 16.4 Å². The average molecular weight is 504 g/mol. The number of amides is 2. The van der Waals surface area contributed by atoms with Crippen LogP contribution in [-0.4, -0.2) is 16.6 Å². The normalized spacial score (nSPS) is 11.1. The van der Waals surface area contributed by atoms with E-state index in [1.165, 1.54) is 0 Å². The summed E-state index contributed by atoms with van der Waals surface area (Å²) in [5, 5.41) is 9.06. The number of nitrogen functional groups attached to an aromatic ring is 1. The zero-order valence-electron chi connectivity index (χ0n) is 19.5. The number of urea groups is 1. The highest BCUT2D eigenvalue weighted by Crippen LogP contribution is 2.38. The minimum Gasteiger partial charge on any atom is -0.383 e. The monoisotopic (exact) mass is 503 g/mol. The van der Waals surface area contributed by atoms with Crippen LogP contribution in [-0.2, 0) is 0 Å². The molecule has 0 saturated carbocycles. The van der Waals surface area contributed by atoms with E-state index in [9.17, 15) is 4.79 Å². The molecule has 0 bridgehead atoms. The van der Waals surface area contributed by atoms with E-state index in [-0.39, 0.29) is 6.03 Å². The van der Waals surface area contributed by atoms with Gasteiger partial charge in [0.1, 0.15) is 5.82 Å². The van der Waals surface area contributed by atoms with Crippen molar-refractivity contribution in [3.8, 4) is 23.0 Å². The molecule has 0 radical (unpaired) electrons. The first-order valence-electron chi connectivity index (χ1n) is 11.2. The second kappa shape index (κ2) is 10.4. The molecule has 0 aliphatic rings. The maximum atomic E-state index is 12.3. The highest BCUT2D eigenvalue weighted by atomic mass is 35.5. The summed E-state index contributed by atoms with van der Waals surface area (Å²) in [4.78, 5) is 16.7. The molecule has 2 aromatic carbocycles. The number of hydrogen-bond donors (Lipinski definition) is 4. The number of anilines is 3. The van der Waals surface area contributed by atoms with E-state index in [1.807, 2.05) is 38.1 Å². The van der Waals surface area contributed by atoms with E-state index in [4.69, 9.17) is 23.1 Å². The molecule has 2 heterocycles. The number of aromatic nitrogens is 1. The lowest BCUT2D eigenvalue weighted by atomic mass is 9.95. The third-order valence-corrected chi connectivity index (χ3v) is 7.12. The lowest BCUT2D eigenvalue weighted by Gasteiger charge is -2.18. The summed E-state index contributed by atoms with van der Waals surface area (Å²) in [6.45, 7) is 4.08. The van der Waals surface area contributed by atoms with Crippen molar-refractivity contribution in [1.82, 2.24) is 4.98 Å². The van der Waals surface area contributed by atoms with Crippen molar-refractivity contribution >= 4 is 56.2 Å². The molecular weight excluding hydrogens is 478 g/mol. The Morgan fingerprint density at radius 1 is 1.11 bits per heavy atom. The van der Waals surface area contributed by atoms with E-state index in [1.54, 1.807) is 41.8 Å². The molecule has 178 valence electrons. The molecular formula is C27H26ClN5OS. The van der Waals surface area contributed by atoms with Gasteiger partial charge in [-0.15, -0.1) is 11.3 Å². The Morgan fingerprint density at radius 2 is 1.83 bits per heavy atom. The summed E-state index contributed by atoms with van der Waals surface area (Å²) >= 11 is 7.55. The fraction of sp³-hybridized carbons (Fsp3) is 0.185. The van der Waals surface area contributed by atoms with Gasteiger partial charge in [-0.3, -0.25) is 0 Å². The van der Waals surface area contributed by atoms with E-state index >= 15 is 0 Å². The lowest BCUT2D eigenvalue weighted by Crippen LogP contribution is -2.36.